The van der Waals surface area contributed by atoms with Crippen molar-refractivity contribution in [2.75, 3.05) is 0 Å². The lowest BCUT2D eigenvalue weighted by Gasteiger charge is -2.52. The number of hydrogen-bond donors (Lipinski definition) is 0. The quantitative estimate of drug-likeness (QED) is 0.539. The van der Waals surface area contributed by atoms with Crippen molar-refractivity contribution in [3.05, 3.63) is 0 Å². The van der Waals surface area contributed by atoms with E-state index in [9.17, 15) is 19.8 Å². The number of rotatable bonds is 0. The second kappa shape index (κ2) is 4.19. The summed E-state index contributed by atoms with van der Waals surface area (Å²) in [6, 6.07) is 0. The van der Waals surface area contributed by atoms with Gasteiger partial charge in [-0.15, -0.1) is 0 Å². The van der Waals surface area contributed by atoms with Gasteiger partial charge in [-0.1, -0.05) is 0 Å². The Hall–Kier alpha value is -1.46. The first-order chi connectivity index (χ1) is 6.89. The van der Waals surface area contributed by atoms with Gasteiger partial charge in [-0.25, -0.2) is 0 Å². The van der Waals surface area contributed by atoms with E-state index in [0.29, 0.717) is 10.0 Å². The number of carboxylic acid groups (broad SMARTS) is 2. The van der Waals surface area contributed by atoms with Gasteiger partial charge in [0.2, 0.25) is 0 Å². The number of nitrogens with zero attached hydrogens (tertiary/aromatic N) is 2. The van der Waals surface area contributed by atoms with Crippen LogP contribution in [0.5, 0.6) is 0 Å². The molecule has 2 amide bonds. The Morgan fingerprint density at radius 1 is 0.750 bits per heavy atom. The molecule has 6 heteroatoms. The maximum Gasteiger partial charge on any atom is 0.157 e. The van der Waals surface area contributed by atoms with Gasteiger partial charge in [0.1, 0.15) is 0 Å². The molecule has 0 atom stereocenters. The molecule has 0 spiro atoms. The molecule has 0 radical (unpaired) electrons. The largest absolute Gasteiger partial charge is 0.529 e. The SMILES string of the molecule is CC(C)(C)N(C(=O)[O-])N(C(=O)[O-])C(C)(C)C. The van der Waals surface area contributed by atoms with E-state index in [1.807, 2.05) is 0 Å². The predicted molar refractivity (Wildman–Crippen MR) is 54.0 cm³/mol. The summed E-state index contributed by atoms with van der Waals surface area (Å²) < 4.78 is 0. The molecule has 0 aromatic heterocycles. The Morgan fingerprint density at radius 3 is 1.00 bits per heavy atom. The van der Waals surface area contributed by atoms with Crippen LogP contribution in [0.3, 0.4) is 0 Å². The molecule has 16 heavy (non-hydrogen) atoms. The van der Waals surface area contributed by atoms with Gasteiger partial charge in [-0.3, -0.25) is 10.0 Å². The summed E-state index contributed by atoms with van der Waals surface area (Å²) >= 11 is 0. The monoisotopic (exact) mass is 230 g/mol. The Labute approximate surface area is 95.4 Å². The summed E-state index contributed by atoms with van der Waals surface area (Å²) in [5.41, 5.74) is -1.85. The van der Waals surface area contributed by atoms with Crippen molar-refractivity contribution in [3.8, 4) is 0 Å². The molecule has 0 bridgehead atoms. The molecule has 0 aromatic carbocycles. The Kier molecular flexibility index (Phi) is 3.81. The van der Waals surface area contributed by atoms with Crippen LogP contribution in [0.4, 0.5) is 9.59 Å². The van der Waals surface area contributed by atoms with Crippen molar-refractivity contribution in [1.82, 2.24) is 10.0 Å². The van der Waals surface area contributed by atoms with Gasteiger partial charge in [-0.05, 0) is 41.5 Å². The second-order valence-corrected chi connectivity index (χ2v) is 5.50. The fraction of sp³-hybridized carbons (Fsp3) is 0.800. The van der Waals surface area contributed by atoms with Crippen LogP contribution in [-0.4, -0.2) is 33.3 Å². The summed E-state index contributed by atoms with van der Waals surface area (Å²) in [6.07, 6.45) is -3.15. The van der Waals surface area contributed by atoms with Gasteiger partial charge in [0.15, 0.2) is 12.2 Å². The first-order valence-electron chi connectivity index (χ1n) is 4.91. The van der Waals surface area contributed by atoms with Crippen LogP contribution in [0.25, 0.3) is 0 Å². The van der Waals surface area contributed by atoms with Crippen molar-refractivity contribution >= 4 is 12.2 Å². The molecule has 6 nitrogen and oxygen atoms in total. The van der Waals surface area contributed by atoms with Gasteiger partial charge < -0.3 is 19.8 Å². The van der Waals surface area contributed by atoms with Crippen LogP contribution in [0.15, 0.2) is 0 Å². The minimum atomic E-state index is -1.58. The van der Waals surface area contributed by atoms with Crippen LogP contribution >= 0.6 is 0 Å². The molecule has 0 aromatic rings. The lowest BCUT2D eigenvalue weighted by Crippen LogP contribution is -2.68. The zero-order valence-electron chi connectivity index (χ0n) is 10.5. The fourth-order valence-corrected chi connectivity index (χ4v) is 1.31. The molecule has 0 unspecified atom stereocenters. The van der Waals surface area contributed by atoms with Gasteiger partial charge in [-0.2, -0.15) is 0 Å². The summed E-state index contributed by atoms with van der Waals surface area (Å²) in [5.74, 6) is 0. The third-order valence-electron chi connectivity index (χ3n) is 1.82. The first-order valence-corrected chi connectivity index (χ1v) is 4.91. The number of amides is 2. The third-order valence-corrected chi connectivity index (χ3v) is 1.82. The molecule has 0 saturated carbocycles. The number of hydrogen-bond acceptors (Lipinski definition) is 4. The Balaban J connectivity index is 5.48. The van der Waals surface area contributed by atoms with E-state index in [2.05, 4.69) is 0 Å². The highest BCUT2D eigenvalue weighted by molar-refractivity contribution is 5.70. The van der Waals surface area contributed by atoms with Crippen molar-refractivity contribution < 1.29 is 19.8 Å². The summed E-state index contributed by atoms with van der Waals surface area (Å²) in [7, 11) is 0. The normalized spacial score (nSPS) is 12.1. The van der Waals surface area contributed by atoms with Crippen LogP contribution < -0.4 is 10.2 Å². The molecule has 94 valence electrons. The molecule has 0 aliphatic heterocycles. The molecule has 0 saturated heterocycles. The maximum atomic E-state index is 11.0. The molecule has 0 fully saturated rings. The standard InChI is InChI=1S/C10H20N2O4/c1-9(2,3)11(7(13)14)12(8(15)16)10(4,5)6/h1-6H3,(H,13,14)(H,15,16)/p-2. The van der Waals surface area contributed by atoms with Crippen molar-refractivity contribution in [2.45, 2.75) is 52.6 Å². The molecule has 0 N–H and O–H groups in total. The smallest absolute Gasteiger partial charge is 0.157 e. The summed E-state index contributed by atoms with van der Waals surface area (Å²) in [4.78, 5) is 22.0. The molecule has 0 aliphatic rings. The molecule has 0 heterocycles. The van der Waals surface area contributed by atoms with Gasteiger partial charge in [0, 0.05) is 0 Å². The number of hydrazine groups is 1. The highest BCUT2D eigenvalue weighted by Gasteiger charge is 2.34. The summed E-state index contributed by atoms with van der Waals surface area (Å²) in [6.45, 7) is 9.44. The average molecular weight is 230 g/mol. The maximum absolute atomic E-state index is 11.0. The van der Waals surface area contributed by atoms with E-state index in [1.54, 1.807) is 41.5 Å². The predicted octanol–water partition coefficient (Wildman–Crippen LogP) is -0.211. The first kappa shape index (κ1) is 14.5. The summed E-state index contributed by atoms with van der Waals surface area (Å²) in [5, 5.41) is 23.4. The average Bonchev–Trinajstić information content (AvgIpc) is 1.92. The lowest BCUT2D eigenvalue weighted by molar-refractivity contribution is -0.322. The number of carbonyl (C=O) groups is 2. The van der Waals surface area contributed by atoms with Crippen LogP contribution in [-0.2, 0) is 0 Å². The van der Waals surface area contributed by atoms with E-state index in [4.69, 9.17) is 0 Å². The third kappa shape index (κ3) is 3.29. The Morgan fingerprint density at radius 2 is 0.938 bits per heavy atom. The highest BCUT2D eigenvalue weighted by Crippen LogP contribution is 2.23. The van der Waals surface area contributed by atoms with Gasteiger partial charge in [0.05, 0.1) is 11.1 Å². The second-order valence-electron chi connectivity index (χ2n) is 5.50. The Bertz CT molecular complexity index is 258. The molecular weight excluding hydrogens is 212 g/mol. The topological polar surface area (TPSA) is 86.7 Å². The van der Waals surface area contributed by atoms with Crippen LogP contribution in [0, 0.1) is 0 Å². The van der Waals surface area contributed by atoms with Crippen molar-refractivity contribution in [2.24, 2.45) is 0 Å². The van der Waals surface area contributed by atoms with E-state index in [-0.39, 0.29) is 0 Å². The van der Waals surface area contributed by atoms with Gasteiger partial charge in [0.25, 0.3) is 0 Å². The van der Waals surface area contributed by atoms with E-state index in [1.165, 1.54) is 0 Å². The van der Waals surface area contributed by atoms with Crippen LogP contribution in [0.1, 0.15) is 41.5 Å². The fourth-order valence-electron chi connectivity index (χ4n) is 1.31. The van der Waals surface area contributed by atoms with E-state index in [0.717, 1.165) is 0 Å². The molecule has 0 rings (SSSR count). The highest BCUT2D eigenvalue weighted by atomic mass is 16.4. The van der Waals surface area contributed by atoms with E-state index >= 15 is 0 Å². The van der Waals surface area contributed by atoms with Crippen molar-refractivity contribution in [1.29, 1.82) is 0 Å². The van der Waals surface area contributed by atoms with Crippen LogP contribution in [0.2, 0.25) is 0 Å². The van der Waals surface area contributed by atoms with Gasteiger partial charge >= 0.3 is 0 Å². The zero-order chi connectivity index (χ0) is 13.3. The zero-order valence-corrected chi connectivity index (χ0v) is 10.5. The molecule has 0 aliphatic carbocycles. The minimum absolute atomic E-state index is 0.655. The lowest BCUT2D eigenvalue weighted by atomic mass is 10.1. The number of carbonyl (C=O) groups excluding carboxylic acids is 2. The molecular formula is C10H18N2O4-2. The minimum Gasteiger partial charge on any atom is -0.529 e. The van der Waals surface area contributed by atoms with E-state index < -0.39 is 23.3 Å². The van der Waals surface area contributed by atoms with Crippen molar-refractivity contribution in [3.63, 3.8) is 0 Å².